The highest BCUT2D eigenvalue weighted by molar-refractivity contribution is 5.93. The molecule has 1 heterocycles. The summed E-state index contributed by atoms with van der Waals surface area (Å²) in [5.74, 6) is 0.240. The van der Waals surface area contributed by atoms with Gasteiger partial charge in [-0.2, -0.15) is 0 Å². The molecule has 1 N–H and O–H groups in total. The molecule has 1 aliphatic heterocycles. The van der Waals surface area contributed by atoms with E-state index in [1.165, 1.54) is 0 Å². The summed E-state index contributed by atoms with van der Waals surface area (Å²) in [6.45, 7) is 4.44. The lowest BCUT2D eigenvalue weighted by atomic mass is 9.80. The van der Waals surface area contributed by atoms with Gasteiger partial charge in [0.05, 0.1) is 0 Å². The molecule has 0 spiro atoms. The number of amides is 3. The van der Waals surface area contributed by atoms with Crippen LogP contribution in [0.4, 0.5) is 5.69 Å². The third kappa shape index (κ3) is 4.23. The summed E-state index contributed by atoms with van der Waals surface area (Å²) in [6, 6.07) is 7.77. The Hall–Kier alpha value is -2.37. The molecule has 1 saturated carbocycles. The monoisotopic (exact) mass is 357 g/mol. The Kier molecular flexibility index (Phi) is 5.91. The minimum absolute atomic E-state index is 0.0142. The van der Waals surface area contributed by atoms with Crippen molar-refractivity contribution in [2.75, 3.05) is 31.5 Å². The maximum atomic E-state index is 12.7. The van der Waals surface area contributed by atoms with Crippen LogP contribution in [0.2, 0.25) is 0 Å². The van der Waals surface area contributed by atoms with Crippen molar-refractivity contribution >= 4 is 23.9 Å². The van der Waals surface area contributed by atoms with Crippen molar-refractivity contribution in [1.29, 1.82) is 0 Å². The van der Waals surface area contributed by atoms with Crippen molar-refractivity contribution in [3.05, 3.63) is 29.8 Å². The van der Waals surface area contributed by atoms with Crippen molar-refractivity contribution in [2.24, 2.45) is 11.8 Å². The first kappa shape index (κ1) is 18.4. The summed E-state index contributed by atoms with van der Waals surface area (Å²) >= 11 is 0. The zero-order chi connectivity index (χ0) is 18.5. The SMILES string of the molecule is Cc1ccccc1NC(=O)C1CCC(C(=O)N2CCN(C=O)CC2)CC1. The van der Waals surface area contributed by atoms with E-state index in [1.807, 2.05) is 36.1 Å². The molecule has 1 saturated heterocycles. The zero-order valence-corrected chi connectivity index (χ0v) is 15.3. The van der Waals surface area contributed by atoms with Gasteiger partial charge in [-0.1, -0.05) is 18.2 Å². The number of benzene rings is 1. The van der Waals surface area contributed by atoms with Gasteiger partial charge >= 0.3 is 0 Å². The van der Waals surface area contributed by atoms with Gasteiger partial charge in [-0.3, -0.25) is 14.4 Å². The van der Waals surface area contributed by atoms with Gasteiger partial charge in [0.1, 0.15) is 0 Å². The zero-order valence-electron chi connectivity index (χ0n) is 15.3. The molecule has 0 atom stereocenters. The van der Waals surface area contributed by atoms with Crippen LogP contribution in [0.25, 0.3) is 0 Å². The van der Waals surface area contributed by atoms with Crippen molar-refractivity contribution < 1.29 is 14.4 Å². The molecule has 1 aromatic rings. The molecular formula is C20H27N3O3. The topological polar surface area (TPSA) is 69.7 Å². The number of anilines is 1. The molecule has 2 aliphatic rings. The third-order valence-corrected chi connectivity index (χ3v) is 5.63. The van der Waals surface area contributed by atoms with Crippen LogP contribution in [0, 0.1) is 18.8 Å². The second-order valence-corrected chi connectivity index (χ2v) is 7.32. The van der Waals surface area contributed by atoms with E-state index in [2.05, 4.69) is 5.32 Å². The highest BCUT2D eigenvalue weighted by Crippen LogP contribution is 2.31. The molecule has 0 bridgehead atoms. The molecule has 140 valence electrons. The van der Waals surface area contributed by atoms with E-state index < -0.39 is 0 Å². The lowest BCUT2D eigenvalue weighted by Crippen LogP contribution is -2.50. The molecule has 0 radical (unpaired) electrons. The quantitative estimate of drug-likeness (QED) is 0.839. The van der Waals surface area contributed by atoms with Gasteiger partial charge in [0.25, 0.3) is 0 Å². The summed E-state index contributed by atoms with van der Waals surface area (Å²) in [5.41, 5.74) is 1.92. The maximum Gasteiger partial charge on any atom is 0.227 e. The largest absolute Gasteiger partial charge is 0.342 e. The van der Waals surface area contributed by atoms with Crippen LogP contribution in [-0.2, 0) is 14.4 Å². The van der Waals surface area contributed by atoms with Gasteiger partial charge in [0.15, 0.2) is 0 Å². The van der Waals surface area contributed by atoms with Gasteiger partial charge < -0.3 is 15.1 Å². The standard InChI is InChI=1S/C20H27N3O3/c1-15-4-2-3-5-18(15)21-19(25)16-6-8-17(9-7-16)20(26)23-12-10-22(14-24)11-13-23/h2-5,14,16-17H,6-13H2,1H3,(H,21,25). The highest BCUT2D eigenvalue weighted by Gasteiger charge is 2.33. The normalized spacial score (nSPS) is 23.4. The van der Waals surface area contributed by atoms with Crippen molar-refractivity contribution in [2.45, 2.75) is 32.6 Å². The first-order chi connectivity index (χ1) is 12.6. The number of para-hydroxylation sites is 1. The number of piperazine rings is 1. The predicted molar refractivity (Wildman–Crippen MR) is 99.5 cm³/mol. The first-order valence-electron chi connectivity index (χ1n) is 9.43. The van der Waals surface area contributed by atoms with Gasteiger partial charge in [0, 0.05) is 43.7 Å². The van der Waals surface area contributed by atoms with Crippen LogP contribution in [0.1, 0.15) is 31.2 Å². The molecule has 3 amide bonds. The van der Waals surface area contributed by atoms with Crippen LogP contribution in [-0.4, -0.2) is 54.2 Å². The van der Waals surface area contributed by atoms with E-state index in [0.717, 1.165) is 43.3 Å². The number of nitrogens with zero attached hydrogens (tertiary/aromatic N) is 2. The fourth-order valence-corrected chi connectivity index (χ4v) is 3.86. The number of carbonyl (C=O) groups excluding carboxylic acids is 3. The van der Waals surface area contributed by atoms with E-state index in [1.54, 1.807) is 4.90 Å². The lowest BCUT2D eigenvalue weighted by Gasteiger charge is -2.36. The highest BCUT2D eigenvalue weighted by atomic mass is 16.2. The van der Waals surface area contributed by atoms with Crippen molar-refractivity contribution in [3.8, 4) is 0 Å². The maximum absolute atomic E-state index is 12.7. The number of nitrogens with one attached hydrogen (secondary N) is 1. The lowest BCUT2D eigenvalue weighted by molar-refractivity contribution is -0.140. The van der Waals surface area contributed by atoms with E-state index in [0.29, 0.717) is 26.2 Å². The predicted octanol–water partition coefficient (Wildman–Crippen LogP) is 2.04. The van der Waals surface area contributed by atoms with E-state index in [-0.39, 0.29) is 23.7 Å². The number of hydrogen-bond acceptors (Lipinski definition) is 3. The summed E-state index contributed by atoms with van der Waals surface area (Å²) in [6.07, 6.45) is 3.88. The second-order valence-electron chi connectivity index (χ2n) is 7.32. The van der Waals surface area contributed by atoms with E-state index in [9.17, 15) is 14.4 Å². The van der Waals surface area contributed by atoms with E-state index in [4.69, 9.17) is 0 Å². The molecule has 0 unspecified atom stereocenters. The molecule has 6 nitrogen and oxygen atoms in total. The average Bonchev–Trinajstić information content (AvgIpc) is 2.69. The van der Waals surface area contributed by atoms with Crippen LogP contribution < -0.4 is 5.32 Å². The Morgan fingerprint density at radius 1 is 1.00 bits per heavy atom. The van der Waals surface area contributed by atoms with Crippen molar-refractivity contribution in [3.63, 3.8) is 0 Å². The fraction of sp³-hybridized carbons (Fsp3) is 0.550. The molecule has 0 aromatic heterocycles. The smallest absolute Gasteiger partial charge is 0.227 e. The summed E-state index contributed by atoms with van der Waals surface area (Å²) in [4.78, 5) is 39.6. The molecule has 1 aliphatic carbocycles. The first-order valence-corrected chi connectivity index (χ1v) is 9.43. The van der Waals surface area contributed by atoms with E-state index >= 15 is 0 Å². The minimum Gasteiger partial charge on any atom is -0.342 e. The number of hydrogen-bond donors (Lipinski definition) is 1. The Morgan fingerprint density at radius 2 is 1.62 bits per heavy atom. The molecule has 6 heteroatoms. The molecule has 3 rings (SSSR count). The number of carbonyl (C=O) groups is 3. The fourth-order valence-electron chi connectivity index (χ4n) is 3.86. The van der Waals surface area contributed by atoms with Crippen LogP contribution in [0.3, 0.4) is 0 Å². The molecule has 26 heavy (non-hydrogen) atoms. The number of aryl methyl sites for hydroxylation is 1. The summed E-state index contributed by atoms with van der Waals surface area (Å²) < 4.78 is 0. The Morgan fingerprint density at radius 3 is 2.23 bits per heavy atom. The second kappa shape index (κ2) is 8.34. The van der Waals surface area contributed by atoms with Crippen LogP contribution >= 0.6 is 0 Å². The molecule has 1 aromatic carbocycles. The molecule has 2 fully saturated rings. The van der Waals surface area contributed by atoms with Gasteiger partial charge in [-0.25, -0.2) is 0 Å². The van der Waals surface area contributed by atoms with Gasteiger partial charge in [-0.05, 0) is 44.2 Å². The third-order valence-electron chi connectivity index (χ3n) is 5.63. The Balaban J connectivity index is 1.48. The van der Waals surface area contributed by atoms with Crippen LogP contribution in [0.5, 0.6) is 0 Å². The Bertz CT molecular complexity index is 660. The van der Waals surface area contributed by atoms with Gasteiger partial charge in [-0.15, -0.1) is 0 Å². The number of rotatable bonds is 4. The average molecular weight is 357 g/mol. The van der Waals surface area contributed by atoms with Gasteiger partial charge in [0.2, 0.25) is 18.2 Å². The van der Waals surface area contributed by atoms with Crippen molar-refractivity contribution in [1.82, 2.24) is 9.80 Å². The molecular weight excluding hydrogens is 330 g/mol. The summed E-state index contributed by atoms with van der Waals surface area (Å²) in [7, 11) is 0. The summed E-state index contributed by atoms with van der Waals surface area (Å²) in [5, 5.41) is 3.03. The minimum atomic E-state index is -0.0226. The van der Waals surface area contributed by atoms with Crippen LogP contribution in [0.15, 0.2) is 24.3 Å². The Labute approximate surface area is 154 Å².